The first-order valence-corrected chi connectivity index (χ1v) is 18.6. The van der Waals surface area contributed by atoms with E-state index >= 15 is 0 Å². The second kappa shape index (κ2) is 10.8. The van der Waals surface area contributed by atoms with Crippen molar-refractivity contribution >= 4 is 113 Å². The second-order valence-electron chi connectivity index (χ2n) is 12.9. The number of hydrogen-bond donors (Lipinski definition) is 0. The summed E-state index contributed by atoms with van der Waals surface area (Å²) in [6.45, 7) is 0. The summed E-state index contributed by atoms with van der Waals surface area (Å²) in [4.78, 5) is 2.55. The minimum atomic E-state index is 1.15. The molecule has 0 spiro atoms. The Hall–Kier alpha value is -5.94. The van der Waals surface area contributed by atoms with E-state index in [-0.39, 0.29) is 0 Å². The zero-order valence-electron chi connectivity index (χ0n) is 26.9. The van der Waals surface area contributed by atoms with E-state index in [1.54, 1.807) is 0 Å². The van der Waals surface area contributed by atoms with Gasteiger partial charge in [0.1, 0.15) is 0 Å². The Kier molecular flexibility index (Phi) is 6.03. The molecule has 0 aliphatic rings. The van der Waals surface area contributed by atoms with Crippen LogP contribution in [0.4, 0.5) is 17.1 Å². The van der Waals surface area contributed by atoms with Gasteiger partial charge < -0.3 is 9.47 Å². The van der Waals surface area contributed by atoms with Crippen LogP contribution in [0.2, 0.25) is 0 Å². The van der Waals surface area contributed by atoms with E-state index < -0.39 is 0 Å². The maximum absolute atomic E-state index is 2.55. The largest absolute Gasteiger partial charge is 0.307 e. The van der Waals surface area contributed by atoms with Gasteiger partial charge in [-0.2, -0.15) is 0 Å². The van der Waals surface area contributed by atoms with Crippen molar-refractivity contribution in [1.29, 1.82) is 0 Å². The molecule has 11 aromatic rings. The summed E-state index contributed by atoms with van der Waals surface area (Å²) in [5.41, 5.74) is 7.04. The first-order chi connectivity index (χ1) is 24.8. The number of benzene rings is 8. The predicted octanol–water partition coefficient (Wildman–Crippen LogP) is 14.1. The molecule has 0 saturated heterocycles. The van der Waals surface area contributed by atoms with Crippen molar-refractivity contribution in [2.75, 3.05) is 4.90 Å². The van der Waals surface area contributed by atoms with Crippen molar-refractivity contribution in [3.05, 3.63) is 170 Å². The first kappa shape index (κ1) is 28.0. The van der Waals surface area contributed by atoms with E-state index in [0.29, 0.717) is 0 Å². The molecule has 3 aromatic heterocycles. The summed E-state index contributed by atoms with van der Waals surface area (Å²) < 4.78 is 7.70. The Morgan fingerprint density at radius 3 is 1.80 bits per heavy atom. The van der Waals surface area contributed by atoms with Crippen molar-refractivity contribution in [1.82, 2.24) is 4.57 Å². The Morgan fingerprint density at radius 1 is 0.360 bits per heavy atom. The van der Waals surface area contributed by atoms with E-state index in [0.717, 1.165) is 11.4 Å². The fourth-order valence-corrected chi connectivity index (χ4v) is 10.4. The van der Waals surface area contributed by atoms with Crippen LogP contribution < -0.4 is 4.90 Å². The number of fused-ring (bicyclic) bond motifs is 11. The van der Waals surface area contributed by atoms with E-state index in [1.165, 1.54) is 84.3 Å². The monoisotopic (exact) mass is 672 g/mol. The topological polar surface area (TPSA) is 8.17 Å². The Bertz CT molecular complexity index is 3110. The number of hydrogen-bond acceptors (Lipinski definition) is 3. The number of anilines is 3. The zero-order chi connectivity index (χ0) is 32.8. The van der Waals surface area contributed by atoms with E-state index in [4.69, 9.17) is 0 Å². The highest BCUT2D eigenvalue weighted by atomic mass is 32.1. The molecular formula is C46H28N2S2. The van der Waals surface area contributed by atoms with Crippen LogP contribution >= 0.6 is 22.7 Å². The Morgan fingerprint density at radius 2 is 0.940 bits per heavy atom. The van der Waals surface area contributed by atoms with Gasteiger partial charge in [-0.05, 0) is 54.6 Å². The highest BCUT2D eigenvalue weighted by Crippen LogP contribution is 2.50. The molecule has 50 heavy (non-hydrogen) atoms. The fraction of sp³-hybridized carbons (Fsp3) is 0. The van der Waals surface area contributed by atoms with Gasteiger partial charge in [0.15, 0.2) is 0 Å². The van der Waals surface area contributed by atoms with Gasteiger partial charge in [0.25, 0.3) is 0 Å². The minimum Gasteiger partial charge on any atom is -0.307 e. The van der Waals surface area contributed by atoms with Gasteiger partial charge in [0.05, 0.1) is 28.1 Å². The van der Waals surface area contributed by atoms with Crippen LogP contribution in [-0.2, 0) is 0 Å². The molecule has 0 bridgehead atoms. The molecule has 0 aliphatic heterocycles. The van der Waals surface area contributed by atoms with Crippen LogP contribution in [0, 0.1) is 0 Å². The quantitative estimate of drug-likeness (QED) is 0.181. The maximum Gasteiger partial charge on any atom is 0.0782 e. The third-order valence-corrected chi connectivity index (χ3v) is 12.5. The number of rotatable bonds is 4. The van der Waals surface area contributed by atoms with Crippen LogP contribution in [0.25, 0.3) is 78.6 Å². The molecule has 0 aliphatic carbocycles. The normalized spacial score (nSPS) is 12.0. The molecule has 0 amide bonds. The van der Waals surface area contributed by atoms with E-state index in [1.807, 2.05) is 22.7 Å². The molecule has 11 rings (SSSR count). The Labute approximate surface area is 296 Å². The van der Waals surface area contributed by atoms with Gasteiger partial charge in [-0.25, -0.2) is 0 Å². The van der Waals surface area contributed by atoms with Gasteiger partial charge in [-0.15, -0.1) is 22.7 Å². The smallest absolute Gasteiger partial charge is 0.0782 e. The minimum absolute atomic E-state index is 1.15. The van der Waals surface area contributed by atoms with Crippen LogP contribution in [0.5, 0.6) is 0 Å². The number of thiophene rings is 2. The van der Waals surface area contributed by atoms with Crippen molar-refractivity contribution in [3.8, 4) is 5.69 Å². The molecule has 8 aromatic carbocycles. The van der Waals surface area contributed by atoms with Gasteiger partial charge in [0.2, 0.25) is 0 Å². The van der Waals surface area contributed by atoms with Crippen LogP contribution in [0.1, 0.15) is 0 Å². The van der Waals surface area contributed by atoms with Crippen molar-refractivity contribution in [2.45, 2.75) is 0 Å². The first-order valence-electron chi connectivity index (χ1n) is 16.9. The summed E-state index contributed by atoms with van der Waals surface area (Å²) in [5.74, 6) is 0. The molecule has 3 heterocycles. The zero-order valence-corrected chi connectivity index (χ0v) is 28.5. The van der Waals surface area contributed by atoms with Gasteiger partial charge in [-0.1, -0.05) is 115 Å². The molecule has 2 nitrogen and oxygen atoms in total. The van der Waals surface area contributed by atoms with Crippen LogP contribution in [-0.4, -0.2) is 4.57 Å². The average molecular weight is 673 g/mol. The summed E-state index contributed by atoms with van der Waals surface area (Å²) in [6.07, 6.45) is 0. The molecule has 0 N–H and O–H groups in total. The summed E-state index contributed by atoms with van der Waals surface area (Å²) >= 11 is 3.76. The third kappa shape index (κ3) is 3.95. The maximum atomic E-state index is 2.55. The molecule has 0 fully saturated rings. The molecule has 0 unspecified atom stereocenters. The molecule has 4 heteroatoms. The lowest BCUT2D eigenvalue weighted by atomic mass is 10.0. The lowest BCUT2D eigenvalue weighted by Gasteiger charge is -2.29. The van der Waals surface area contributed by atoms with E-state index in [2.05, 4.69) is 179 Å². The molecule has 0 saturated carbocycles. The van der Waals surface area contributed by atoms with Crippen LogP contribution in [0.3, 0.4) is 0 Å². The van der Waals surface area contributed by atoms with Crippen molar-refractivity contribution in [2.24, 2.45) is 0 Å². The van der Waals surface area contributed by atoms with Gasteiger partial charge >= 0.3 is 0 Å². The summed E-state index contributed by atoms with van der Waals surface area (Å²) in [6, 6.07) is 62.4. The predicted molar refractivity (Wildman–Crippen MR) is 219 cm³/mol. The lowest BCUT2D eigenvalue weighted by Crippen LogP contribution is -2.12. The summed E-state index contributed by atoms with van der Waals surface area (Å²) in [5, 5.41) is 10.2. The highest BCUT2D eigenvalue weighted by Gasteiger charge is 2.25. The molecule has 0 atom stereocenters. The summed E-state index contributed by atoms with van der Waals surface area (Å²) in [7, 11) is 0. The van der Waals surface area contributed by atoms with Crippen LogP contribution in [0.15, 0.2) is 170 Å². The SMILES string of the molecule is c1ccc(-n2c3ccccc3c3cccc(N(c4cccc5c4ccc4c6ccccc6sc54)c4cccc5sc6ccccc6c45)c32)cc1. The lowest BCUT2D eigenvalue weighted by molar-refractivity contribution is 1.17. The fourth-order valence-electron chi connectivity index (χ4n) is 8.08. The second-order valence-corrected chi connectivity index (χ2v) is 15.0. The molecule has 234 valence electrons. The standard InChI is InChI=1S/C46H28N2S2/c1-2-13-29(14-3-1)47-37-20-7-4-15-30(37)33-18-10-23-40(45(33)47)48(39-22-12-26-43-44(39)36-17-6-9-25-42(36)49-43)38-21-11-19-34-31(38)27-28-35-32-16-5-8-24-41(32)50-46(34)35/h1-28H. The number of aromatic nitrogens is 1. The van der Waals surface area contributed by atoms with Gasteiger partial charge in [-0.3, -0.25) is 0 Å². The molecule has 0 radical (unpaired) electrons. The number of para-hydroxylation sites is 3. The average Bonchev–Trinajstić information content (AvgIpc) is 3.86. The van der Waals surface area contributed by atoms with Crippen molar-refractivity contribution < 1.29 is 0 Å². The molecular weight excluding hydrogens is 645 g/mol. The highest BCUT2D eigenvalue weighted by molar-refractivity contribution is 7.26. The Balaban J connectivity index is 1.31. The van der Waals surface area contributed by atoms with E-state index in [9.17, 15) is 0 Å². The van der Waals surface area contributed by atoms with Crippen molar-refractivity contribution in [3.63, 3.8) is 0 Å². The third-order valence-electron chi connectivity index (χ3n) is 10.2. The number of nitrogens with zero attached hydrogens (tertiary/aromatic N) is 2. The van der Waals surface area contributed by atoms with Gasteiger partial charge in [0, 0.05) is 67.6 Å².